The van der Waals surface area contributed by atoms with Gasteiger partial charge in [0.2, 0.25) is 18.0 Å². The monoisotopic (exact) mass is 822 g/mol. The van der Waals surface area contributed by atoms with Crippen LogP contribution in [0.15, 0.2) is 89.9 Å². The van der Waals surface area contributed by atoms with Gasteiger partial charge in [0.15, 0.2) is 5.69 Å². The highest BCUT2D eigenvalue weighted by Crippen LogP contribution is 2.51. The van der Waals surface area contributed by atoms with Crippen molar-refractivity contribution in [3.63, 3.8) is 0 Å². The molecule has 7 rings (SSSR count). The Labute approximate surface area is 331 Å². The molecule has 0 unspecified atom stereocenters. The lowest BCUT2D eigenvalue weighted by Gasteiger charge is -2.36. The first-order chi connectivity index (χ1) is 28.1. The highest BCUT2D eigenvalue weighted by Gasteiger charge is 2.48. The summed E-state index contributed by atoms with van der Waals surface area (Å²) in [5.74, 6) is -3.56. The number of amides is 2. The standard InChI is InChI=1S/C40H41F2N4O11P/c41-30-15-14-29(33(42)19-30)20-43-38(48)32-22-44-23-34-45-16-7-13-31(45)21-46(34)39(49)35(44)37(36(32)47)53-26-54-40(50)52-17-8-18-55-58(51,56-24-27-9-3-1-4-10-27)57-25-28-11-5-2-6-12-28/h1-6,9-12,14-15,19,22,31,34H,7-8,13,16-18,20-21,23-26H2,(H,43,48)/t31-,34+/m1/s1. The van der Waals surface area contributed by atoms with Crippen LogP contribution in [0, 0.1) is 11.6 Å². The second-order valence-electron chi connectivity index (χ2n) is 13.7. The number of benzene rings is 3. The van der Waals surface area contributed by atoms with E-state index >= 15 is 0 Å². The van der Waals surface area contributed by atoms with Crippen molar-refractivity contribution in [3.05, 3.63) is 135 Å². The van der Waals surface area contributed by atoms with E-state index in [1.54, 1.807) is 29.2 Å². The minimum atomic E-state index is -4.05. The maximum absolute atomic E-state index is 14.3. The Morgan fingerprint density at radius 3 is 2.26 bits per heavy atom. The van der Waals surface area contributed by atoms with Gasteiger partial charge < -0.3 is 29.0 Å². The van der Waals surface area contributed by atoms with E-state index in [-0.39, 0.29) is 69.4 Å². The zero-order valence-electron chi connectivity index (χ0n) is 31.3. The Bertz CT molecular complexity index is 2180. The first-order valence-electron chi connectivity index (χ1n) is 18.7. The second-order valence-corrected chi connectivity index (χ2v) is 15.4. The first-order valence-corrected chi connectivity index (χ1v) is 20.1. The topological polar surface area (TPSA) is 164 Å². The fraction of sp³-hybridized carbons (Fsp3) is 0.350. The van der Waals surface area contributed by atoms with E-state index in [9.17, 15) is 32.5 Å². The van der Waals surface area contributed by atoms with Crippen LogP contribution in [-0.2, 0) is 53.9 Å². The van der Waals surface area contributed by atoms with Gasteiger partial charge in [0.25, 0.3) is 11.8 Å². The molecular formula is C40H41F2N4O11P. The van der Waals surface area contributed by atoms with Gasteiger partial charge in [-0.1, -0.05) is 66.7 Å². The molecule has 0 aliphatic carbocycles. The van der Waals surface area contributed by atoms with Gasteiger partial charge in [-0.25, -0.2) is 18.1 Å². The lowest BCUT2D eigenvalue weighted by molar-refractivity contribution is 0.000968. The number of phosphoric ester groups is 1. The molecule has 4 aromatic rings. The molecule has 0 saturated carbocycles. The third-order valence-electron chi connectivity index (χ3n) is 9.94. The molecular weight excluding hydrogens is 781 g/mol. The van der Waals surface area contributed by atoms with Gasteiger partial charge >= 0.3 is 14.0 Å². The third-order valence-corrected chi connectivity index (χ3v) is 11.3. The Kier molecular flexibility index (Phi) is 12.9. The average molecular weight is 823 g/mol. The summed E-state index contributed by atoms with van der Waals surface area (Å²) in [5, 5.41) is 2.47. The Hall–Kier alpha value is -5.45. The maximum Gasteiger partial charge on any atom is 0.511 e. The molecule has 2 amide bonds. The molecule has 1 aromatic heterocycles. The number of aromatic nitrogens is 1. The van der Waals surface area contributed by atoms with Gasteiger partial charge in [0, 0.05) is 49.9 Å². The Balaban J connectivity index is 0.960. The highest BCUT2D eigenvalue weighted by atomic mass is 31.2. The molecule has 2 fully saturated rings. The van der Waals surface area contributed by atoms with E-state index in [0.29, 0.717) is 12.6 Å². The molecule has 1 N–H and O–H groups in total. The van der Waals surface area contributed by atoms with Crippen LogP contribution in [0.1, 0.15) is 56.8 Å². The molecule has 18 heteroatoms. The predicted molar refractivity (Wildman–Crippen MR) is 201 cm³/mol. The number of fused-ring (bicyclic) bond motifs is 4. The predicted octanol–water partition coefficient (Wildman–Crippen LogP) is 5.75. The minimum absolute atomic E-state index is 0.0126. The van der Waals surface area contributed by atoms with Gasteiger partial charge in [-0.15, -0.1) is 0 Å². The summed E-state index contributed by atoms with van der Waals surface area (Å²) in [4.78, 5) is 57.3. The summed E-state index contributed by atoms with van der Waals surface area (Å²) in [7, 11) is -4.05. The molecule has 0 radical (unpaired) electrons. The number of ether oxygens (including phenoxy) is 3. The van der Waals surface area contributed by atoms with Crippen LogP contribution in [0.4, 0.5) is 13.6 Å². The van der Waals surface area contributed by atoms with E-state index in [4.69, 9.17) is 27.8 Å². The number of rotatable bonds is 17. The van der Waals surface area contributed by atoms with Crippen molar-refractivity contribution >= 4 is 25.8 Å². The molecule has 3 aromatic carbocycles. The van der Waals surface area contributed by atoms with Crippen LogP contribution < -0.4 is 15.5 Å². The number of nitrogens with one attached hydrogen (secondary N) is 1. The number of hydrogen-bond donors (Lipinski definition) is 1. The number of hydrogen-bond acceptors (Lipinski definition) is 12. The summed E-state index contributed by atoms with van der Waals surface area (Å²) in [6.07, 6.45) is 1.74. The van der Waals surface area contributed by atoms with Gasteiger partial charge in [0.05, 0.1) is 33.0 Å². The lowest BCUT2D eigenvalue weighted by Crippen LogP contribution is -2.50. The molecule has 0 spiro atoms. The summed E-state index contributed by atoms with van der Waals surface area (Å²) in [6.45, 7) is -0.197. The summed E-state index contributed by atoms with van der Waals surface area (Å²) < 4.78 is 75.0. The number of carbonyl (C=O) groups is 3. The number of nitrogens with zero attached hydrogens (tertiary/aromatic N) is 3. The molecule has 306 valence electrons. The molecule has 3 aliphatic rings. The summed E-state index contributed by atoms with van der Waals surface area (Å²) in [5.41, 5.74) is 0.0119. The largest absolute Gasteiger partial charge is 0.511 e. The van der Waals surface area contributed by atoms with E-state index in [0.717, 1.165) is 36.6 Å². The van der Waals surface area contributed by atoms with Crippen LogP contribution in [-0.4, -0.2) is 77.6 Å². The molecule has 58 heavy (non-hydrogen) atoms. The van der Waals surface area contributed by atoms with E-state index in [1.807, 2.05) is 36.4 Å². The van der Waals surface area contributed by atoms with Crippen molar-refractivity contribution in [1.82, 2.24) is 19.7 Å². The SMILES string of the molecule is O=C(OCCCOP(=O)(OCc1ccccc1)OCc1ccccc1)OCOc1c2n(cc(C(=O)NCc3ccc(F)cc3F)c1=O)C[C@@H]1N(C[C@H]3CCCN31)C2=O. The van der Waals surface area contributed by atoms with Crippen LogP contribution >= 0.6 is 7.82 Å². The van der Waals surface area contributed by atoms with Gasteiger partial charge in [-0.05, 0) is 30.0 Å². The first kappa shape index (κ1) is 40.7. The van der Waals surface area contributed by atoms with E-state index < -0.39 is 61.0 Å². The smallest absolute Gasteiger partial charge is 0.451 e. The normalized spacial score (nSPS) is 17.3. The quantitative estimate of drug-likeness (QED) is 0.0595. The molecule has 2 saturated heterocycles. The third kappa shape index (κ3) is 9.63. The Morgan fingerprint density at radius 2 is 1.57 bits per heavy atom. The van der Waals surface area contributed by atoms with Crippen molar-refractivity contribution in [1.29, 1.82) is 0 Å². The highest BCUT2D eigenvalue weighted by molar-refractivity contribution is 7.48. The van der Waals surface area contributed by atoms with Gasteiger partial charge in [0.1, 0.15) is 23.4 Å². The Morgan fingerprint density at radius 1 is 0.862 bits per heavy atom. The fourth-order valence-electron chi connectivity index (χ4n) is 7.08. The van der Waals surface area contributed by atoms with E-state index in [2.05, 4.69) is 10.2 Å². The molecule has 4 heterocycles. The second kappa shape index (κ2) is 18.4. The zero-order chi connectivity index (χ0) is 40.6. The average Bonchev–Trinajstić information content (AvgIpc) is 3.83. The van der Waals surface area contributed by atoms with E-state index in [1.165, 1.54) is 16.8 Å². The summed E-state index contributed by atoms with van der Waals surface area (Å²) in [6, 6.07) is 21.2. The van der Waals surface area contributed by atoms with Crippen LogP contribution in [0.25, 0.3) is 0 Å². The van der Waals surface area contributed by atoms with Crippen molar-refractivity contribution in [2.75, 3.05) is 33.1 Å². The van der Waals surface area contributed by atoms with Gasteiger partial charge in [-0.3, -0.25) is 32.9 Å². The molecule has 0 bridgehead atoms. The molecule has 2 atom stereocenters. The van der Waals surface area contributed by atoms with Crippen LogP contribution in [0.3, 0.4) is 0 Å². The molecule has 3 aliphatic heterocycles. The number of halogens is 2. The number of carbonyl (C=O) groups excluding carboxylic acids is 3. The zero-order valence-corrected chi connectivity index (χ0v) is 32.2. The lowest BCUT2D eigenvalue weighted by atomic mass is 10.1. The van der Waals surface area contributed by atoms with Crippen molar-refractivity contribution in [3.8, 4) is 5.75 Å². The van der Waals surface area contributed by atoms with Crippen LogP contribution in [0.5, 0.6) is 5.75 Å². The minimum Gasteiger partial charge on any atom is -0.451 e. The fourth-order valence-corrected chi connectivity index (χ4v) is 8.27. The van der Waals surface area contributed by atoms with Crippen LogP contribution in [0.2, 0.25) is 0 Å². The summed E-state index contributed by atoms with van der Waals surface area (Å²) >= 11 is 0. The van der Waals surface area contributed by atoms with Crippen molar-refractivity contribution < 1.29 is 55.5 Å². The number of phosphoric acid groups is 1. The van der Waals surface area contributed by atoms with Gasteiger partial charge in [-0.2, -0.15) is 0 Å². The maximum atomic E-state index is 14.3. The molecule has 15 nitrogen and oxygen atoms in total. The van der Waals surface area contributed by atoms with Crippen molar-refractivity contribution in [2.24, 2.45) is 0 Å². The van der Waals surface area contributed by atoms with Crippen molar-refractivity contribution in [2.45, 2.75) is 57.8 Å². The number of pyridine rings is 1.